The van der Waals surface area contributed by atoms with Crippen molar-refractivity contribution in [1.82, 2.24) is 19.5 Å². The fourth-order valence-electron chi connectivity index (χ4n) is 3.75. The van der Waals surface area contributed by atoms with Gasteiger partial charge in [-0.05, 0) is 56.6 Å². The summed E-state index contributed by atoms with van der Waals surface area (Å²) >= 11 is 0. The van der Waals surface area contributed by atoms with Crippen LogP contribution in [0.15, 0.2) is 73.4 Å². The molecule has 2 heterocycles. The Morgan fingerprint density at radius 2 is 1.94 bits per heavy atom. The quantitative estimate of drug-likeness (QED) is 0.324. The highest BCUT2D eigenvalue weighted by atomic mass is 16.5. The van der Waals surface area contributed by atoms with Crippen molar-refractivity contribution < 1.29 is 9.53 Å². The molecule has 0 saturated heterocycles. The van der Waals surface area contributed by atoms with E-state index in [9.17, 15) is 4.79 Å². The summed E-state index contributed by atoms with van der Waals surface area (Å²) in [6.07, 6.45) is 3.01. The van der Waals surface area contributed by atoms with E-state index in [1.807, 2.05) is 59.1 Å². The lowest BCUT2D eigenvalue weighted by molar-refractivity contribution is -0.111. The number of aromatic nitrogens is 3. The van der Waals surface area contributed by atoms with E-state index in [-0.39, 0.29) is 5.91 Å². The Labute approximate surface area is 211 Å². The number of anilines is 4. The van der Waals surface area contributed by atoms with Crippen LogP contribution in [0.1, 0.15) is 0 Å². The summed E-state index contributed by atoms with van der Waals surface area (Å²) in [6.45, 7) is 5.36. The number of fused-ring (bicyclic) bond motifs is 1. The molecule has 0 radical (unpaired) electrons. The molecule has 0 unspecified atom stereocenters. The highest BCUT2D eigenvalue weighted by Gasteiger charge is 2.12. The van der Waals surface area contributed by atoms with Crippen molar-refractivity contribution >= 4 is 34.4 Å². The lowest BCUT2D eigenvalue weighted by atomic mass is 10.1. The van der Waals surface area contributed by atoms with Crippen LogP contribution in [0.5, 0.6) is 5.75 Å². The number of carbonyl (C=O) groups is 1. The van der Waals surface area contributed by atoms with Crippen LogP contribution < -0.4 is 20.3 Å². The Bertz CT molecular complexity index is 1380. The molecule has 9 heteroatoms. The standard InChI is InChI=1S/C27H31N7O2/c1-6-26(35)29-20-9-7-8-19(16-20)24-13-11-22-18-28-27(31-34(22)24)30-23-12-10-21(17-25(23)36-5)33(4)15-14-32(2)3/h6-13,16-18H,1,14-15H2,2-5H3,(H,29,35)(H,30,31). The Balaban J connectivity index is 1.60. The first-order valence-electron chi connectivity index (χ1n) is 11.6. The summed E-state index contributed by atoms with van der Waals surface area (Å²) in [5, 5.41) is 10.8. The van der Waals surface area contributed by atoms with E-state index in [2.05, 4.69) is 53.1 Å². The summed E-state index contributed by atoms with van der Waals surface area (Å²) in [6, 6.07) is 17.5. The van der Waals surface area contributed by atoms with Gasteiger partial charge in [0.2, 0.25) is 11.9 Å². The summed E-state index contributed by atoms with van der Waals surface area (Å²) in [5.74, 6) is 0.874. The van der Waals surface area contributed by atoms with E-state index in [1.165, 1.54) is 6.08 Å². The zero-order valence-electron chi connectivity index (χ0n) is 21.0. The number of rotatable bonds is 10. The van der Waals surface area contributed by atoms with Crippen LogP contribution in [0.2, 0.25) is 0 Å². The van der Waals surface area contributed by atoms with Crippen molar-refractivity contribution in [3.63, 3.8) is 0 Å². The van der Waals surface area contributed by atoms with Gasteiger partial charge in [-0.25, -0.2) is 9.50 Å². The molecule has 0 aliphatic rings. The largest absolute Gasteiger partial charge is 0.494 e. The molecule has 0 aliphatic carbocycles. The number of methoxy groups -OCH3 is 1. The second kappa shape index (κ2) is 10.9. The molecule has 2 aromatic heterocycles. The molecule has 2 N–H and O–H groups in total. The third kappa shape index (κ3) is 5.64. The molecule has 9 nitrogen and oxygen atoms in total. The molecule has 2 aromatic carbocycles. The fourth-order valence-corrected chi connectivity index (χ4v) is 3.75. The molecule has 0 atom stereocenters. The van der Waals surface area contributed by atoms with Crippen molar-refractivity contribution in [2.45, 2.75) is 0 Å². The van der Waals surface area contributed by atoms with Crippen molar-refractivity contribution in [2.24, 2.45) is 0 Å². The van der Waals surface area contributed by atoms with Crippen LogP contribution in [-0.4, -0.2) is 66.7 Å². The van der Waals surface area contributed by atoms with E-state index < -0.39 is 0 Å². The van der Waals surface area contributed by atoms with Gasteiger partial charge in [0.15, 0.2) is 0 Å². The maximum Gasteiger partial charge on any atom is 0.247 e. The molecule has 0 aliphatic heterocycles. The van der Waals surface area contributed by atoms with Gasteiger partial charge in [0.1, 0.15) is 5.75 Å². The predicted octanol–water partition coefficient (Wildman–Crippen LogP) is 4.27. The molecule has 0 fully saturated rings. The molecule has 4 rings (SSSR count). The van der Waals surface area contributed by atoms with E-state index >= 15 is 0 Å². The molecule has 0 bridgehead atoms. The second-order valence-electron chi connectivity index (χ2n) is 8.65. The first-order valence-corrected chi connectivity index (χ1v) is 11.6. The number of ether oxygens (including phenoxy) is 1. The van der Waals surface area contributed by atoms with Crippen LogP contribution >= 0.6 is 0 Å². The van der Waals surface area contributed by atoms with Crippen molar-refractivity contribution in [3.05, 3.63) is 73.4 Å². The molecule has 1 amide bonds. The Kier molecular flexibility index (Phi) is 7.50. The first-order chi connectivity index (χ1) is 17.4. The number of carbonyl (C=O) groups excluding carboxylic acids is 1. The average molecular weight is 486 g/mol. The minimum absolute atomic E-state index is 0.259. The van der Waals surface area contributed by atoms with Crippen molar-refractivity contribution in [1.29, 1.82) is 0 Å². The van der Waals surface area contributed by atoms with Gasteiger partial charge in [0.25, 0.3) is 0 Å². The molecule has 0 saturated carbocycles. The zero-order chi connectivity index (χ0) is 25.7. The highest BCUT2D eigenvalue weighted by molar-refractivity contribution is 5.99. The van der Waals surface area contributed by atoms with E-state index in [0.29, 0.717) is 17.4 Å². The van der Waals surface area contributed by atoms with Crippen molar-refractivity contribution in [2.75, 3.05) is 56.9 Å². The maximum absolute atomic E-state index is 11.7. The third-order valence-corrected chi connectivity index (χ3v) is 5.76. The van der Waals surface area contributed by atoms with Crippen LogP contribution in [-0.2, 0) is 4.79 Å². The van der Waals surface area contributed by atoms with Crippen LogP contribution in [0, 0.1) is 0 Å². The minimum Gasteiger partial charge on any atom is -0.494 e. The van der Waals surface area contributed by atoms with E-state index in [4.69, 9.17) is 9.84 Å². The molecular formula is C27H31N7O2. The summed E-state index contributed by atoms with van der Waals surface area (Å²) in [4.78, 5) is 20.5. The SMILES string of the molecule is C=CC(=O)Nc1cccc(-c2ccc3cnc(Nc4ccc(N(C)CCN(C)C)cc4OC)nn23)c1. The number of benzene rings is 2. The number of nitrogens with one attached hydrogen (secondary N) is 2. The predicted molar refractivity (Wildman–Crippen MR) is 145 cm³/mol. The molecule has 0 spiro atoms. The van der Waals surface area contributed by atoms with Gasteiger partial charge in [-0.3, -0.25) is 4.79 Å². The van der Waals surface area contributed by atoms with Gasteiger partial charge in [-0.15, -0.1) is 5.10 Å². The first kappa shape index (κ1) is 24.7. The number of likely N-dealkylation sites (N-methyl/N-ethyl adjacent to an activating group) is 2. The van der Waals surface area contributed by atoms with E-state index in [0.717, 1.165) is 41.2 Å². The summed E-state index contributed by atoms with van der Waals surface area (Å²) in [7, 11) is 7.84. The summed E-state index contributed by atoms with van der Waals surface area (Å²) < 4.78 is 7.47. The topological polar surface area (TPSA) is 87.0 Å². The third-order valence-electron chi connectivity index (χ3n) is 5.76. The monoisotopic (exact) mass is 485 g/mol. The molecule has 4 aromatic rings. The van der Waals surface area contributed by atoms with Gasteiger partial charge in [-0.2, -0.15) is 0 Å². The minimum atomic E-state index is -0.259. The van der Waals surface area contributed by atoms with Crippen molar-refractivity contribution in [3.8, 4) is 17.0 Å². The zero-order valence-corrected chi connectivity index (χ0v) is 21.0. The normalized spacial score (nSPS) is 10.9. The number of nitrogens with zero attached hydrogens (tertiary/aromatic N) is 5. The van der Waals surface area contributed by atoms with E-state index in [1.54, 1.807) is 13.3 Å². The second-order valence-corrected chi connectivity index (χ2v) is 8.65. The lowest BCUT2D eigenvalue weighted by Gasteiger charge is -2.22. The molecule has 186 valence electrons. The Morgan fingerprint density at radius 1 is 1.11 bits per heavy atom. The number of hydrogen-bond acceptors (Lipinski definition) is 7. The molecule has 36 heavy (non-hydrogen) atoms. The average Bonchev–Trinajstić information content (AvgIpc) is 3.31. The van der Waals surface area contributed by atoms with Gasteiger partial charge >= 0.3 is 0 Å². The van der Waals surface area contributed by atoms with Gasteiger partial charge in [0, 0.05) is 43.1 Å². The van der Waals surface area contributed by atoms with Gasteiger partial charge in [-0.1, -0.05) is 18.7 Å². The highest BCUT2D eigenvalue weighted by Crippen LogP contribution is 2.31. The summed E-state index contributed by atoms with van der Waals surface area (Å²) in [5.41, 5.74) is 5.14. The number of amides is 1. The maximum atomic E-state index is 11.7. The van der Waals surface area contributed by atoms with Crippen LogP contribution in [0.3, 0.4) is 0 Å². The smallest absolute Gasteiger partial charge is 0.247 e. The van der Waals surface area contributed by atoms with Crippen LogP contribution in [0.25, 0.3) is 16.8 Å². The fraction of sp³-hybridized carbons (Fsp3) is 0.222. The van der Waals surface area contributed by atoms with Gasteiger partial charge < -0.3 is 25.2 Å². The lowest BCUT2D eigenvalue weighted by Crippen LogP contribution is -2.28. The van der Waals surface area contributed by atoms with Gasteiger partial charge in [0.05, 0.1) is 30.2 Å². The Morgan fingerprint density at radius 3 is 2.69 bits per heavy atom. The molecular weight excluding hydrogens is 454 g/mol. The van der Waals surface area contributed by atoms with Crippen LogP contribution in [0.4, 0.5) is 23.0 Å². The Hall–Kier alpha value is -4.37. The number of hydrogen-bond donors (Lipinski definition) is 2.